The minimum Gasteiger partial charge on any atom is -0.479 e. The van der Waals surface area contributed by atoms with E-state index >= 15 is 0 Å². The smallest absolute Gasteiger partial charge is 0.332 e. The van der Waals surface area contributed by atoms with Crippen molar-refractivity contribution in [2.75, 3.05) is 13.1 Å². The van der Waals surface area contributed by atoms with Crippen molar-refractivity contribution in [3.8, 4) is 0 Å². The van der Waals surface area contributed by atoms with Crippen LogP contribution in [0.1, 0.15) is 24.8 Å². The van der Waals surface area contributed by atoms with E-state index in [0.717, 1.165) is 16.4 Å². The summed E-state index contributed by atoms with van der Waals surface area (Å²) in [5.41, 5.74) is -0.373. The predicted octanol–water partition coefficient (Wildman–Crippen LogP) is 1.47. The molecule has 0 radical (unpaired) electrons. The Bertz CT molecular complexity index is 672. The van der Waals surface area contributed by atoms with Crippen LogP contribution in [-0.4, -0.2) is 48.1 Å². The van der Waals surface area contributed by atoms with Crippen molar-refractivity contribution in [3.05, 3.63) is 29.8 Å². The maximum atomic E-state index is 12.7. The second-order valence-electron chi connectivity index (χ2n) is 5.40. The average molecular weight is 349 g/mol. The third-order valence-electron chi connectivity index (χ3n) is 3.95. The maximum absolute atomic E-state index is 12.7. The molecule has 0 bridgehead atoms. The Kier molecular flexibility index (Phi) is 5.33. The first kappa shape index (κ1) is 17.8. The molecular weight excluding hydrogens is 332 g/mol. The minimum absolute atomic E-state index is 0.0379. The van der Waals surface area contributed by atoms with Crippen LogP contribution in [0.4, 0.5) is 8.78 Å². The first-order valence-electron chi connectivity index (χ1n) is 7.02. The van der Waals surface area contributed by atoms with Gasteiger partial charge in [0.2, 0.25) is 10.0 Å². The Balaban J connectivity index is 2.13. The number of nitrogens with zero attached hydrogens (tertiary/aromatic N) is 1. The van der Waals surface area contributed by atoms with Crippen LogP contribution < -0.4 is 0 Å². The highest BCUT2D eigenvalue weighted by Gasteiger charge is 2.34. The largest absolute Gasteiger partial charge is 0.479 e. The summed E-state index contributed by atoms with van der Waals surface area (Å²) in [5.74, 6) is -1.86. The molecule has 1 fully saturated rings. The van der Waals surface area contributed by atoms with Crippen LogP contribution in [0.15, 0.2) is 29.2 Å². The van der Waals surface area contributed by atoms with Gasteiger partial charge in [0.05, 0.1) is 4.90 Å². The molecule has 128 valence electrons. The molecule has 1 aliphatic heterocycles. The van der Waals surface area contributed by atoms with Gasteiger partial charge in [0.1, 0.15) is 0 Å². The molecule has 1 aromatic rings. The molecule has 1 atom stereocenters. The van der Waals surface area contributed by atoms with Crippen LogP contribution in [0, 0.1) is 5.92 Å². The molecule has 2 rings (SSSR count). The van der Waals surface area contributed by atoms with Gasteiger partial charge in [0.25, 0.3) is 6.43 Å². The number of aliphatic hydroxyl groups is 1. The van der Waals surface area contributed by atoms with Gasteiger partial charge in [0, 0.05) is 18.7 Å². The molecule has 0 aromatic heterocycles. The third kappa shape index (κ3) is 3.85. The van der Waals surface area contributed by atoms with E-state index in [0.29, 0.717) is 0 Å². The molecule has 0 saturated carbocycles. The van der Waals surface area contributed by atoms with Crippen LogP contribution in [0.2, 0.25) is 0 Å². The Labute approximate surface area is 132 Å². The number of halogens is 2. The number of carboxylic acids is 1. The fourth-order valence-corrected chi connectivity index (χ4v) is 4.12. The molecule has 0 spiro atoms. The molecular formula is C14H17F2NO5S. The van der Waals surface area contributed by atoms with Gasteiger partial charge >= 0.3 is 5.97 Å². The van der Waals surface area contributed by atoms with Crippen molar-refractivity contribution in [3.63, 3.8) is 0 Å². The lowest BCUT2D eigenvalue weighted by molar-refractivity contribution is -0.150. The minimum atomic E-state index is -3.92. The van der Waals surface area contributed by atoms with Crippen LogP contribution in [0.5, 0.6) is 0 Å². The summed E-state index contributed by atoms with van der Waals surface area (Å²) in [6, 6.07) is 4.60. The van der Waals surface area contributed by atoms with Gasteiger partial charge in [-0.1, -0.05) is 12.1 Å². The van der Waals surface area contributed by atoms with Crippen LogP contribution in [-0.2, 0) is 14.8 Å². The van der Waals surface area contributed by atoms with Gasteiger partial charge in [-0.2, -0.15) is 4.31 Å². The summed E-state index contributed by atoms with van der Waals surface area (Å²) >= 11 is 0. The highest BCUT2D eigenvalue weighted by atomic mass is 32.2. The van der Waals surface area contributed by atoms with E-state index in [9.17, 15) is 27.1 Å². The highest BCUT2D eigenvalue weighted by Crippen LogP contribution is 2.28. The third-order valence-corrected chi connectivity index (χ3v) is 5.84. The van der Waals surface area contributed by atoms with Crippen molar-refractivity contribution in [1.29, 1.82) is 0 Å². The first-order chi connectivity index (χ1) is 10.7. The zero-order valence-electron chi connectivity index (χ0n) is 12.1. The van der Waals surface area contributed by atoms with Crippen molar-refractivity contribution >= 4 is 16.0 Å². The van der Waals surface area contributed by atoms with Crippen molar-refractivity contribution in [2.45, 2.75) is 30.3 Å². The van der Waals surface area contributed by atoms with Crippen molar-refractivity contribution in [2.24, 2.45) is 5.92 Å². The lowest BCUT2D eigenvalue weighted by Gasteiger charge is -2.32. The van der Waals surface area contributed by atoms with E-state index in [2.05, 4.69) is 0 Å². The molecule has 9 heteroatoms. The molecule has 1 aromatic carbocycles. The Morgan fingerprint density at radius 2 is 1.87 bits per heavy atom. The van der Waals surface area contributed by atoms with E-state index in [-0.39, 0.29) is 36.4 Å². The number of carboxylic acid groups (broad SMARTS) is 1. The summed E-state index contributed by atoms with van der Waals surface area (Å²) in [7, 11) is -3.92. The van der Waals surface area contributed by atoms with Crippen LogP contribution >= 0.6 is 0 Å². The van der Waals surface area contributed by atoms with Gasteiger partial charge in [-0.05, 0) is 30.9 Å². The summed E-state index contributed by atoms with van der Waals surface area (Å²) in [4.78, 5) is 10.5. The summed E-state index contributed by atoms with van der Waals surface area (Å²) in [5, 5.41) is 18.3. The molecule has 1 aliphatic rings. The van der Waals surface area contributed by atoms with E-state index in [1.54, 1.807) is 0 Å². The number of hydrogen-bond acceptors (Lipinski definition) is 4. The number of carbonyl (C=O) groups is 1. The monoisotopic (exact) mass is 349 g/mol. The maximum Gasteiger partial charge on any atom is 0.332 e. The van der Waals surface area contributed by atoms with E-state index in [1.807, 2.05) is 0 Å². The second-order valence-corrected chi connectivity index (χ2v) is 7.34. The number of rotatable bonds is 5. The average Bonchev–Trinajstić information content (AvgIpc) is 2.54. The Morgan fingerprint density at radius 1 is 1.26 bits per heavy atom. The Hall–Kier alpha value is -1.58. The van der Waals surface area contributed by atoms with Crippen LogP contribution in [0.3, 0.4) is 0 Å². The van der Waals surface area contributed by atoms with Crippen molar-refractivity contribution in [1.82, 2.24) is 4.31 Å². The van der Waals surface area contributed by atoms with Gasteiger partial charge in [-0.3, -0.25) is 0 Å². The zero-order chi connectivity index (χ0) is 17.2. The standard InChI is InChI=1S/C14H17F2NO5S/c15-13(16)10-2-1-3-11(8-10)23(21,22)17-6-4-9(5-7-17)12(18)14(19)20/h1-3,8-9,12-13,18H,4-7H2,(H,19,20). The highest BCUT2D eigenvalue weighted by molar-refractivity contribution is 7.89. The number of aliphatic hydroxyl groups excluding tert-OH is 1. The normalized spacial score (nSPS) is 19.0. The number of hydrogen-bond donors (Lipinski definition) is 2. The SMILES string of the molecule is O=C(O)C(O)C1CCN(S(=O)(=O)c2cccc(C(F)F)c2)CC1. The van der Waals surface area contributed by atoms with Gasteiger partial charge < -0.3 is 10.2 Å². The van der Waals surface area contributed by atoms with Crippen LogP contribution in [0.25, 0.3) is 0 Å². The quantitative estimate of drug-likeness (QED) is 0.839. The molecule has 23 heavy (non-hydrogen) atoms. The van der Waals surface area contributed by atoms with Gasteiger partial charge in [0.15, 0.2) is 6.10 Å². The molecule has 1 saturated heterocycles. The van der Waals surface area contributed by atoms with E-state index in [1.165, 1.54) is 12.1 Å². The number of aliphatic carboxylic acids is 1. The van der Waals surface area contributed by atoms with E-state index in [4.69, 9.17) is 5.11 Å². The fourth-order valence-electron chi connectivity index (χ4n) is 2.59. The number of piperidine rings is 1. The fraction of sp³-hybridized carbons (Fsp3) is 0.500. The lowest BCUT2D eigenvalue weighted by atomic mass is 9.92. The van der Waals surface area contributed by atoms with Gasteiger partial charge in [-0.15, -0.1) is 0 Å². The zero-order valence-corrected chi connectivity index (χ0v) is 12.9. The molecule has 0 amide bonds. The Morgan fingerprint density at radius 3 is 2.39 bits per heavy atom. The summed E-state index contributed by atoms with van der Waals surface area (Å²) in [6.45, 7) is 0.0759. The second kappa shape index (κ2) is 6.90. The predicted molar refractivity (Wildman–Crippen MR) is 76.5 cm³/mol. The number of benzene rings is 1. The molecule has 6 nitrogen and oxygen atoms in total. The summed E-state index contributed by atoms with van der Waals surface area (Å²) < 4.78 is 51.5. The molecule has 1 heterocycles. The number of alkyl halides is 2. The van der Waals surface area contributed by atoms with Gasteiger partial charge in [-0.25, -0.2) is 22.0 Å². The first-order valence-corrected chi connectivity index (χ1v) is 8.46. The topological polar surface area (TPSA) is 94.9 Å². The van der Waals surface area contributed by atoms with Crippen molar-refractivity contribution < 1.29 is 32.2 Å². The number of sulfonamides is 1. The molecule has 1 unspecified atom stereocenters. The lowest BCUT2D eigenvalue weighted by Crippen LogP contribution is -2.43. The summed E-state index contributed by atoms with van der Waals surface area (Å²) in [6.07, 6.45) is -3.90. The molecule has 0 aliphatic carbocycles. The molecule has 2 N–H and O–H groups in total. The van der Waals surface area contributed by atoms with E-state index < -0.39 is 34.4 Å².